The molecule has 7 aliphatic carbocycles. The van der Waals surface area contributed by atoms with Gasteiger partial charge in [0.15, 0.2) is 11.6 Å². The highest BCUT2D eigenvalue weighted by Gasteiger charge is 2.65. The van der Waals surface area contributed by atoms with Gasteiger partial charge in [0.1, 0.15) is 0 Å². The summed E-state index contributed by atoms with van der Waals surface area (Å²) >= 11 is 0. The Morgan fingerprint density at radius 3 is 1.57 bits per heavy atom. The van der Waals surface area contributed by atoms with Gasteiger partial charge in [-0.15, -0.1) is 0 Å². The van der Waals surface area contributed by atoms with E-state index in [1.807, 2.05) is 0 Å². The third-order valence-electron chi connectivity index (χ3n) is 8.03. The molecule has 1 fully saturated rings. The molecule has 8 atom stereocenters. The molecule has 0 aromatic heterocycles. The van der Waals surface area contributed by atoms with E-state index >= 15 is 0 Å². The van der Waals surface area contributed by atoms with Gasteiger partial charge in [0.25, 0.3) is 0 Å². The van der Waals surface area contributed by atoms with Crippen LogP contribution in [0.25, 0.3) is 0 Å². The molecule has 0 aromatic rings. The number of allylic oxidation sites excluding steroid dienone is 8. The van der Waals surface area contributed by atoms with Crippen LogP contribution in [0.15, 0.2) is 46.6 Å². The molecule has 7 rings (SSSR count). The standard InChI is InChI=1S/C21H18O2/c22-20-16-10-3-4-11(6-10)17(16)21(23)19-13-7-12(18(19)20)14-8-1-2-9(5-8)15(13)14/h1-4,8-13,18-19H,5-7H2/t8-,9+,10-,11+,12+,13-,18+,19-. The van der Waals surface area contributed by atoms with Gasteiger partial charge in [-0.1, -0.05) is 35.5 Å². The summed E-state index contributed by atoms with van der Waals surface area (Å²) in [4.78, 5) is 26.6. The lowest BCUT2D eigenvalue weighted by molar-refractivity contribution is -0.131. The summed E-state index contributed by atoms with van der Waals surface area (Å²) in [7, 11) is 0. The zero-order valence-electron chi connectivity index (χ0n) is 12.9. The van der Waals surface area contributed by atoms with Crippen LogP contribution in [0.1, 0.15) is 19.3 Å². The second-order valence-corrected chi connectivity index (χ2v) is 8.63. The molecular weight excluding hydrogens is 284 g/mol. The fourth-order valence-electron chi connectivity index (χ4n) is 7.48. The molecular formula is C21H18O2. The van der Waals surface area contributed by atoms with E-state index in [-0.39, 0.29) is 23.7 Å². The average molecular weight is 302 g/mol. The Morgan fingerprint density at radius 1 is 0.609 bits per heavy atom. The molecule has 0 aliphatic heterocycles. The SMILES string of the molecule is O=C1C2=C(C(=O)[C@H]3[C@@H]1[C@H]1C[C@@H]3C3=C1[C@@H]1C=C[C@H]3C1)[C@H]1C=C[C@@H]2C1. The van der Waals surface area contributed by atoms with Crippen LogP contribution in [-0.4, -0.2) is 11.6 Å². The van der Waals surface area contributed by atoms with Gasteiger partial charge in [-0.25, -0.2) is 0 Å². The van der Waals surface area contributed by atoms with Gasteiger partial charge in [0.2, 0.25) is 0 Å². The van der Waals surface area contributed by atoms with E-state index in [4.69, 9.17) is 0 Å². The van der Waals surface area contributed by atoms with Gasteiger partial charge >= 0.3 is 0 Å². The van der Waals surface area contributed by atoms with Crippen LogP contribution in [0.2, 0.25) is 0 Å². The first-order valence-corrected chi connectivity index (χ1v) is 9.17. The van der Waals surface area contributed by atoms with Crippen LogP contribution in [0.5, 0.6) is 0 Å². The first kappa shape index (κ1) is 11.8. The Bertz CT molecular complexity index is 787. The Labute approximate surface area is 135 Å². The number of fused-ring (bicyclic) bond motifs is 15. The number of Topliss-reactive ketones (excluding diaryl/α,β-unsaturated/α-hetero) is 2. The minimum atomic E-state index is -0.00880. The first-order chi connectivity index (χ1) is 11.2. The minimum Gasteiger partial charge on any atom is -0.294 e. The smallest absolute Gasteiger partial charge is 0.164 e. The summed E-state index contributed by atoms with van der Waals surface area (Å²) in [5.74, 6) is 3.13. The topological polar surface area (TPSA) is 34.1 Å². The highest BCUT2D eigenvalue weighted by Crippen LogP contribution is 2.68. The molecule has 0 spiro atoms. The maximum atomic E-state index is 13.3. The van der Waals surface area contributed by atoms with Crippen LogP contribution in [0.3, 0.4) is 0 Å². The van der Waals surface area contributed by atoms with Crippen molar-refractivity contribution < 1.29 is 9.59 Å². The molecule has 0 radical (unpaired) electrons. The summed E-state index contributed by atoms with van der Waals surface area (Å²) in [6.45, 7) is 0. The average Bonchev–Trinajstić information content (AvgIpc) is 3.37. The van der Waals surface area contributed by atoms with Gasteiger partial charge in [0.05, 0.1) is 0 Å². The van der Waals surface area contributed by atoms with Crippen LogP contribution in [0.4, 0.5) is 0 Å². The predicted octanol–water partition coefficient (Wildman–Crippen LogP) is 3.03. The van der Waals surface area contributed by atoms with Crippen molar-refractivity contribution in [1.29, 1.82) is 0 Å². The molecule has 0 aromatic carbocycles. The number of hydrogen-bond donors (Lipinski definition) is 0. The lowest BCUT2D eigenvalue weighted by Gasteiger charge is -2.38. The first-order valence-electron chi connectivity index (χ1n) is 9.17. The lowest BCUT2D eigenvalue weighted by atomic mass is 9.63. The Morgan fingerprint density at radius 2 is 1.04 bits per heavy atom. The quantitative estimate of drug-likeness (QED) is 0.509. The van der Waals surface area contributed by atoms with Crippen LogP contribution >= 0.6 is 0 Å². The number of hydrogen-bond acceptors (Lipinski definition) is 2. The third kappa shape index (κ3) is 1.05. The Kier molecular flexibility index (Phi) is 1.73. The van der Waals surface area contributed by atoms with Gasteiger partial charge < -0.3 is 0 Å². The minimum absolute atomic E-state index is 0.00880. The fraction of sp³-hybridized carbons (Fsp3) is 0.524. The molecule has 0 saturated heterocycles. The van der Waals surface area contributed by atoms with Crippen molar-refractivity contribution in [2.24, 2.45) is 47.3 Å². The zero-order chi connectivity index (χ0) is 15.0. The van der Waals surface area contributed by atoms with Crippen molar-refractivity contribution in [3.63, 3.8) is 0 Å². The number of rotatable bonds is 0. The lowest BCUT2D eigenvalue weighted by Crippen LogP contribution is -2.43. The molecule has 0 N–H and O–H groups in total. The second-order valence-electron chi connectivity index (χ2n) is 8.63. The van der Waals surface area contributed by atoms with Crippen molar-refractivity contribution >= 4 is 11.6 Å². The van der Waals surface area contributed by atoms with Crippen LogP contribution in [-0.2, 0) is 9.59 Å². The molecule has 0 unspecified atom stereocenters. The van der Waals surface area contributed by atoms with E-state index in [1.165, 1.54) is 6.42 Å². The molecule has 0 heterocycles. The largest absolute Gasteiger partial charge is 0.294 e. The molecule has 2 nitrogen and oxygen atoms in total. The molecule has 6 bridgehead atoms. The second kappa shape index (κ2) is 3.38. The number of carbonyl (C=O) groups is 2. The monoisotopic (exact) mass is 302 g/mol. The Hall–Kier alpha value is -1.70. The third-order valence-corrected chi connectivity index (χ3v) is 8.03. The van der Waals surface area contributed by atoms with Gasteiger partial charge in [-0.2, -0.15) is 0 Å². The van der Waals surface area contributed by atoms with E-state index in [1.54, 1.807) is 11.1 Å². The van der Waals surface area contributed by atoms with Gasteiger partial charge in [-0.05, 0) is 42.9 Å². The van der Waals surface area contributed by atoms with E-state index in [9.17, 15) is 9.59 Å². The number of carbonyl (C=O) groups excluding carboxylic acids is 2. The summed E-state index contributed by atoms with van der Waals surface area (Å²) in [5.41, 5.74) is 5.04. The van der Waals surface area contributed by atoms with E-state index in [2.05, 4.69) is 24.3 Å². The predicted molar refractivity (Wildman–Crippen MR) is 84.1 cm³/mol. The maximum Gasteiger partial charge on any atom is 0.164 e. The van der Waals surface area contributed by atoms with Crippen molar-refractivity contribution in [3.8, 4) is 0 Å². The van der Waals surface area contributed by atoms with Crippen molar-refractivity contribution in [2.45, 2.75) is 19.3 Å². The van der Waals surface area contributed by atoms with Crippen LogP contribution in [0, 0.1) is 47.3 Å². The maximum absolute atomic E-state index is 13.3. The van der Waals surface area contributed by atoms with Crippen molar-refractivity contribution in [2.75, 3.05) is 0 Å². The molecule has 2 heteroatoms. The zero-order valence-corrected chi connectivity index (χ0v) is 12.9. The highest BCUT2D eigenvalue weighted by atomic mass is 16.1. The fourth-order valence-corrected chi connectivity index (χ4v) is 7.48. The molecule has 23 heavy (non-hydrogen) atoms. The number of ketones is 2. The summed E-state index contributed by atoms with van der Waals surface area (Å²) in [6.07, 6.45) is 12.4. The summed E-state index contributed by atoms with van der Waals surface area (Å²) in [6, 6.07) is 0. The molecule has 7 aliphatic rings. The van der Waals surface area contributed by atoms with Crippen molar-refractivity contribution in [3.05, 3.63) is 46.6 Å². The normalized spacial score (nSPS) is 53.0. The molecule has 114 valence electrons. The summed E-state index contributed by atoms with van der Waals surface area (Å²) in [5, 5.41) is 0. The molecule has 1 saturated carbocycles. The van der Waals surface area contributed by atoms with Crippen molar-refractivity contribution in [1.82, 2.24) is 0 Å². The Balaban J connectivity index is 1.41. The molecule has 0 amide bonds. The van der Waals surface area contributed by atoms with Gasteiger partial charge in [-0.3, -0.25) is 9.59 Å². The van der Waals surface area contributed by atoms with E-state index in [0.717, 1.165) is 24.0 Å². The highest BCUT2D eigenvalue weighted by molar-refractivity contribution is 6.17. The summed E-state index contributed by atoms with van der Waals surface area (Å²) < 4.78 is 0. The van der Waals surface area contributed by atoms with E-state index in [0.29, 0.717) is 35.2 Å². The van der Waals surface area contributed by atoms with Crippen LogP contribution < -0.4 is 0 Å². The van der Waals surface area contributed by atoms with Gasteiger partial charge in [0, 0.05) is 34.8 Å². The van der Waals surface area contributed by atoms with E-state index < -0.39 is 0 Å².